The Morgan fingerprint density at radius 2 is 1.25 bits per heavy atom. The Labute approximate surface area is 60.3 Å². The van der Waals surface area contributed by atoms with E-state index in [4.69, 9.17) is 0 Å². The molecule has 0 aromatic carbocycles. The van der Waals surface area contributed by atoms with E-state index in [1.807, 2.05) is 0 Å². The van der Waals surface area contributed by atoms with Gasteiger partial charge in [-0.25, -0.2) is 0 Å². The van der Waals surface area contributed by atoms with Crippen LogP contribution in [0.2, 0.25) is 0 Å². The van der Waals surface area contributed by atoms with Gasteiger partial charge in [-0.15, -0.1) is 35.6 Å². The second-order valence-corrected chi connectivity index (χ2v) is 6.67. The van der Waals surface area contributed by atoms with E-state index in [2.05, 4.69) is 18.5 Å². The highest BCUT2D eigenvalue weighted by Gasteiger charge is 1.82. The third kappa shape index (κ3) is 7.72. The maximum absolute atomic E-state index is 2.78. The molecule has 0 aliphatic carbocycles. The molecule has 0 fully saturated rings. The quantitative estimate of drug-likeness (QED) is 0.455. The predicted octanol–water partition coefficient (Wildman–Crippen LogP) is 2.01. The molecule has 0 nitrogen and oxygen atoms in total. The van der Waals surface area contributed by atoms with Crippen molar-refractivity contribution in [2.75, 3.05) is 24.1 Å². The van der Waals surface area contributed by atoms with Gasteiger partial charge in [-0.2, -0.15) is 0 Å². The molecule has 0 spiro atoms. The lowest BCUT2D eigenvalue weighted by Crippen LogP contribution is -1.76. The standard InChI is InChI=1S/C4H14P4/c5-3-7-1-2-8-4-6/h7-8H,1-6H2. The number of hydrogen-bond acceptors (Lipinski definition) is 0. The van der Waals surface area contributed by atoms with Gasteiger partial charge in [-0.05, 0) is 24.1 Å². The molecule has 0 radical (unpaired) electrons. The first-order valence-electron chi connectivity index (χ1n) is 2.73. The molecule has 4 heteroatoms. The second-order valence-electron chi connectivity index (χ2n) is 1.41. The molecule has 0 aromatic rings. The van der Waals surface area contributed by atoms with Gasteiger partial charge in [0.15, 0.2) is 0 Å². The minimum absolute atomic E-state index is 1.19. The molecule has 0 saturated heterocycles. The van der Waals surface area contributed by atoms with Crippen molar-refractivity contribution >= 4 is 35.6 Å². The zero-order valence-corrected chi connectivity index (χ0v) is 9.29. The molecule has 0 aliphatic rings. The van der Waals surface area contributed by atoms with E-state index in [1.54, 1.807) is 0 Å². The smallest absolute Gasteiger partial charge is 0.0203 e. The van der Waals surface area contributed by atoms with Gasteiger partial charge in [0.1, 0.15) is 0 Å². The van der Waals surface area contributed by atoms with Crippen LogP contribution in [0.3, 0.4) is 0 Å². The summed E-state index contributed by atoms with van der Waals surface area (Å²) in [5, 5.41) is 0. The molecule has 0 amide bonds. The molecule has 0 aliphatic heterocycles. The van der Waals surface area contributed by atoms with Crippen molar-refractivity contribution in [2.24, 2.45) is 0 Å². The maximum Gasteiger partial charge on any atom is -0.0203 e. The zero-order valence-electron chi connectivity index (χ0n) is 4.98. The van der Waals surface area contributed by atoms with Gasteiger partial charge in [0, 0.05) is 0 Å². The Bertz CT molecular complexity index is 33.0. The Kier molecular flexibility index (Phi) is 10.6. The van der Waals surface area contributed by atoms with E-state index >= 15 is 0 Å². The highest BCUT2D eigenvalue weighted by molar-refractivity contribution is 7.52. The maximum atomic E-state index is 2.78. The van der Waals surface area contributed by atoms with E-state index in [1.165, 1.54) is 41.3 Å². The van der Waals surface area contributed by atoms with Gasteiger partial charge in [-0.3, -0.25) is 0 Å². The van der Waals surface area contributed by atoms with Crippen molar-refractivity contribution in [3.8, 4) is 0 Å². The summed E-state index contributed by atoms with van der Waals surface area (Å²) in [7, 11) is 7.92. The molecular formula is C4H14P4. The van der Waals surface area contributed by atoms with Gasteiger partial charge in [0.05, 0.1) is 0 Å². The van der Waals surface area contributed by atoms with Crippen LogP contribution in [0.4, 0.5) is 0 Å². The van der Waals surface area contributed by atoms with Crippen LogP contribution in [-0.2, 0) is 0 Å². The molecule has 50 valence electrons. The van der Waals surface area contributed by atoms with Crippen molar-refractivity contribution in [3.63, 3.8) is 0 Å². The molecule has 4 unspecified atom stereocenters. The van der Waals surface area contributed by atoms with Gasteiger partial charge < -0.3 is 0 Å². The minimum Gasteiger partial charge on any atom is -0.133 e. The molecular weight excluding hydrogens is 172 g/mol. The first kappa shape index (κ1) is 9.72. The Morgan fingerprint density at radius 1 is 0.875 bits per heavy atom. The fraction of sp³-hybridized carbons (Fsp3) is 1.00. The third-order valence-electron chi connectivity index (χ3n) is 0.767. The van der Waals surface area contributed by atoms with E-state index in [0.717, 1.165) is 0 Å². The van der Waals surface area contributed by atoms with Crippen molar-refractivity contribution in [3.05, 3.63) is 0 Å². The average molecular weight is 186 g/mol. The summed E-state index contributed by atoms with van der Waals surface area (Å²) in [6, 6.07) is 0. The van der Waals surface area contributed by atoms with Gasteiger partial charge in [-0.1, -0.05) is 0 Å². The molecule has 8 heavy (non-hydrogen) atoms. The molecule has 0 N–H and O–H groups in total. The lowest BCUT2D eigenvalue weighted by molar-refractivity contribution is 1.53. The fourth-order valence-electron chi connectivity index (χ4n) is 0.381. The van der Waals surface area contributed by atoms with Crippen LogP contribution in [-0.4, -0.2) is 24.1 Å². The van der Waals surface area contributed by atoms with Crippen molar-refractivity contribution in [1.29, 1.82) is 0 Å². The second kappa shape index (κ2) is 8.72. The Morgan fingerprint density at radius 3 is 1.50 bits per heavy atom. The summed E-state index contributed by atoms with van der Waals surface area (Å²) in [5.41, 5.74) is 0. The summed E-state index contributed by atoms with van der Waals surface area (Å²) >= 11 is 0. The van der Waals surface area contributed by atoms with Crippen molar-refractivity contribution < 1.29 is 0 Å². The van der Waals surface area contributed by atoms with E-state index in [-0.39, 0.29) is 0 Å². The van der Waals surface area contributed by atoms with Crippen molar-refractivity contribution in [1.82, 2.24) is 0 Å². The van der Waals surface area contributed by atoms with Crippen molar-refractivity contribution in [2.45, 2.75) is 0 Å². The summed E-state index contributed by atoms with van der Waals surface area (Å²) < 4.78 is 0. The fourth-order valence-corrected chi connectivity index (χ4v) is 3.43. The topological polar surface area (TPSA) is 0 Å². The number of rotatable bonds is 5. The highest BCUT2D eigenvalue weighted by atomic mass is 31.1. The van der Waals surface area contributed by atoms with E-state index in [0.29, 0.717) is 0 Å². The van der Waals surface area contributed by atoms with Crippen LogP contribution in [0.1, 0.15) is 0 Å². The molecule has 0 saturated carbocycles. The summed E-state index contributed by atoms with van der Waals surface area (Å²) in [6.07, 6.45) is 2.91. The first-order valence-corrected chi connectivity index (χ1v) is 7.19. The summed E-state index contributed by atoms with van der Waals surface area (Å²) in [5.74, 6) is 2.61. The van der Waals surface area contributed by atoms with Crippen LogP contribution in [0.25, 0.3) is 0 Å². The van der Waals surface area contributed by atoms with Crippen LogP contribution >= 0.6 is 35.6 Å². The van der Waals surface area contributed by atoms with Gasteiger partial charge >= 0.3 is 0 Å². The van der Waals surface area contributed by atoms with Crippen LogP contribution < -0.4 is 0 Å². The molecule has 0 bridgehead atoms. The third-order valence-corrected chi connectivity index (χ3v) is 4.78. The summed E-state index contributed by atoms with van der Waals surface area (Å²) in [6.45, 7) is 0. The lowest BCUT2D eigenvalue weighted by atomic mass is 11.0. The van der Waals surface area contributed by atoms with Crippen LogP contribution in [0, 0.1) is 0 Å². The predicted molar refractivity (Wildman–Crippen MR) is 55.5 cm³/mol. The Balaban J connectivity index is 2.53. The molecule has 0 aromatic heterocycles. The van der Waals surface area contributed by atoms with Gasteiger partial charge in [0.25, 0.3) is 0 Å². The average Bonchev–Trinajstić information content (AvgIpc) is 1.81. The first-order chi connectivity index (χ1) is 3.91. The van der Waals surface area contributed by atoms with E-state index < -0.39 is 0 Å². The zero-order chi connectivity index (χ0) is 6.24. The Hall–Kier alpha value is 1.72. The van der Waals surface area contributed by atoms with Crippen LogP contribution in [0.15, 0.2) is 0 Å². The SMILES string of the molecule is PCPCCPCP. The molecule has 0 heterocycles. The largest absolute Gasteiger partial charge is 0.133 e. The summed E-state index contributed by atoms with van der Waals surface area (Å²) in [4.78, 5) is 0. The lowest BCUT2D eigenvalue weighted by Gasteiger charge is -1.94. The monoisotopic (exact) mass is 186 g/mol. The van der Waals surface area contributed by atoms with Gasteiger partial charge in [0.2, 0.25) is 0 Å². The van der Waals surface area contributed by atoms with E-state index in [9.17, 15) is 0 Å². The molecule has 0 rings (SSSR count). The number of hydrogen-bond donors (Lipinski definition) is 0. The normalized spacial score (nSPS) is 12.8. The molecule has 4 atom stereocenters. The highest BCUT2D eigenvalue weighted by Crippen LogP contribution is 2.19. The van der Waals surface area contributed by atoms with Crippen LogP contribution in [0.5, 0.6) is 0 Å². The minimum atomic E-state index is 1.19.